The number of thiophene rings is 1. The van der Waals surface area contributed by atoms with Gasteiger partial charge in [-0.3, -0.25) is 0 Å². The lowest BCUT2D eigenvalue weighted by atomic mass is 9.99. The van der Waals surface area contributed by atoms with Gasteiger partial charge in [-0.15, -0.1) is 11.3 Å². The van der Waals surface area contributed by atoms with Gasteiger partial charge in [-0.2, -0.15) is 0 Å². The van der Waals surface area contributed by atoms with Crippen LogP contribution in [-0.2, 0) is 12.8 Å². The van der Waals surface area contributed by atoms with Crippen LogP contribution in [0.2, 0.25) is 0 Å². The molecule has 2 unspecified atom stereocenters. The van der Waals surface area contributed by atoms with Crippen molar-refractivity contribution in [2.45, 2.75) is 24.1 Å². The van der Waals surface area contributed by atoms with E-state index < -0.39 is 0 Å². The van der Waals surface area contributed by atoms with Crippen LogP contribution >= 0.6 is 27.3 Å². The second-order valence-corrected chi connectivity index (χ2v) is 6.70. The Hall–Kier alpha value is -0.600. The van der Waals surface area contributed by atoms with Crippen molar-refractivity contribution in [3.05, 3.63) is 57.8 Å². The first-order valence-corrected chi connectivity index (χ1v) is 7.88. The Kier molecular flexibility index (Phi) is 3.34. The Morgan fingerprint density at radius 3 is 2.82 bits per heavy atom. The highest BCUT2D eigenvalue weighted by atomic mass is 79.9. The van der Waals surface area contributed by atoms with Gasteiger partial charge in [-0.1, -0.05) is 46.3 Å². The molecule has 88 valence electrons. The number of benzene rings is 1. The predicted molar refractivity (Wildman–Crippen MR) is 77.9 cm³/mol. The highest BCUT2D eigenvalue weighted by molar-refractivity contribution is 9.09. The van der Waals surface area contributed by atoms with Crippen molar-refractivity contribution in [2.75, 3.05) is 0 Å². The summed E-state index contributed by atoms with van der Waals surface area (Å²) >= 11 is 5.75. The van der Waals surface area contributed by atoms with Crippen molar-refractivity contribution >= 4 is 27.3 Å². The number of fused-ring (bicyclic) bond motifs is 1. The lowest BCUT2D eigenvalue weighted by molar-refractivity contribution is 0.513. The molecule has 17 heavy (non-hydrogen) atoms. The maximum atomic E-state index is 3.87. The van der Waals surface area contributed by atoms with Crippen LogP contribution in [0, 0.1) is 5.92 Å². The van der Waals surface area contributed by atoms with Crippen LogP contribution in [0.4, 0.5) is 0 Å². The smallest absolute Gasteiger partial charge is 0.0429 e. The average molecular weight is 307 g/mol. The molecule has 0 nitrogen and oxygen atoms in total. The van der Waals surface area contributed by atoms with Gasteiger partial charge in [0.25, 0.3) is 0 Å². The zero-order chi connectivity index (χ0) is 11.7. The van der Waals surface area contributed by atoms with E-state index in [1.807, 2.05) is 11.3 Å². The first-order chi connectivity index (χ1) is 8.34. The van der Waals surface area contributed by atoms with Gasteiger partial charge in [0.1, 0.15) is 0 Å². The molecule has 2 atom stereocenters. The first-order valence-electron chi connectivity index (χ1n) is 6.09. The minimum Gasteiger partial charge on any atom is -0.149 e. The third kappa shape index (κ3) is 2.34. The monoisotopic (exact) mass is 306 g/mol. The molecule has 0 spiro atoms. The van der Waals surface area contributed by atoms with Crippen LogP contribution in [0.25, 0.3) is 0 Å². The van der Waals surface area contributed by atoms with E-state index in [2.05, 4.69) is 57.7 Å². The molecule has 2 aromatic rings. The number of rotatable bonds is 3. The molecule has 1 aliphatic rings. The Labute approximate surface area is 115 Å². The Morgan fingerprint density at radius 2 is 2.06 bits per heavy atom. The van der Waals surface area contributed by atoms with Gasteiger partial charge in [-0.05, 0) is 47.8 Å². The van der Waals surface area contributed by atoms with E-state index >= 15 is 0 Å². The molecule has 3 rings (SSSR count). The van der Waals surface area contributed by atoms with Gasteiger partial charge < -0.3 is 0 Å². The van der Waals surface area contributed by atoms with Gasteiger partial charge in [0, 0.05) is 9.70 Å². The highest BCUT2D eigenvalue weighted by Gasteiger charge is 2.29. The Morgan fingerprint density at radius 1 is 1.18 bits per heavy atom. The van der Waals surface area contributed by atoms with Gasteiger partial charge >= 0.3 is 0 Å². The van der Waals surface area contributed by atoms with E-state index in [9.17, 15) is 0 Å². The SMILES string of the molecule is BrC1c2ccccc2CC1CCc1cccs1. The molecule has 1 aromatic heterocycles. The van der Waals surface area contributed by atoms with E-state index in [-0.39, 0.29) is 0 Å². The molecular weight excluding hydrogens is 292 g/mol. The average Bonchev–Trinajstić information content (AvgIpc) is 2.96. The topological polar surface area (TPSA) is 0 Å². The van der Waals surface area contributed by atoms with Crippen molar-refractivity contribution < 1.29 is 0 Å². The summed E-state index contributed by atoms with van der Waals surface area (Å²) in [7, 11) is 0. The van der Waals surface area contributed by atoms with Crippen LogP contribution in [0.5, 0.6) is 0 Å². The van der Waals surface area contributed by atoms with Crippen molar-refractivity contribution in [1.82, 2.24) is 0 Å². The molecule has 0 bridgehead atoms. The van der Waals surface area contributed by atoms with E-state index in [4.69, 9.17) is 0 Å². The normalized spacial score (nSPS) is 22.6. The van der Waals surface area contributed by atoms with Gasteiger partial charge in [-0.25, -0.2) is 0 Å². The van der Waals surface area contributed by atoms with E-state index in [1.54, 1.807) is 0 Å². The lowest BCUT2D eigenvalue weighted by Gasteiger charge is -2.13. The van der Waals surface area contributed by atoms with Gasteiger partial charge in [0.2, 0.25) is 0 Å². The van der Waals surface area contributed by atoms with E-state index in [0.717, 1.165) is 5.92 Å². The number of hydrogen-bond donors (Lipinski definition) is 0. The molecule has 0 amide bonds. The molecule has 0 saturated carbocycles. The minimum absolute atomic E-state index is 0.554. The molecular formula is C15H15BrS. The summed E-state index contributed by atoms with van der Waals surface area (Å²) in [5.74, 6) is 0.759. The number of alkyl halides is 1. The van der Waals surface area contributed by atoms with Crippen LogP contribution in [0.3, 0.4) is 0 Å². The number of hydrogen-bond acceptors (Lipinski definition) is 1. The molecule has 2 heteroatoms. The maximum Gasteiger partial charge on any atom is 0.0429 e. The Bertz CT molecular complexity index is 489. The molecule has 0 radical (unpaired) electrons. The van der Waals surface area contributed by atoms with Crippen LogP contribution in [0.15, 0.2) is 41.8 Å². The number of halogens is 1. The molecule has 1 heterocycles. The molecule has 0 fully saturated rings. The largest absolute Gasteiger partial charge is 0.149 e. The second kappa shape index (κ2) is 4.95. The van der Waals surface area contributed by atoms with Crippen LogP contribution in [-0.4, -0.2) is 0 Å². The van der Waals surface area contributed by atoms with Crippen molar-refractivity contribution in [1.29, 1.82) is 0 Å². The summed E-state index contributed by atoms with van der Waals surface area (Å²) in [4.78, 5) is 2.07. The zero-order valence-corrected chi connectivity index (χ0v) is 12.0. The fourth-order valence-corrected chi connectivity index (χ4v) is 4.28. The molecule has 0 aliphatic heterocycles. The van der Waals surface area contributed by atoms with E-state index in [0.29, 0.717) is 4.83 Å². The highest BCUT2D eigenvalue weighted by Crippen LogP contribution is 2.44. The standard InChI is InChI=1S/C15H15BrS/c16-15-12(7-8-13-5-3-9-17-13)10-11-4-1-2-6-14(11)15/h1-6,9,12,15H,7-8,10H2. The quantitative estimate of drug-likeness (QED) is 0.701. The van der Waals surface area contributed by atoms with Gasteiger partial charge in [0.15, 0.2) is 0 Å². The summed E-state index contributed by atoms with van der Waals surface area (Å²) in [5, 5.41) is 2.17. The van der Waals surface area contributed by atoms with E-state index in [1.165, 1.54) is 35.3 Å². The molecule has 1 aromatic carbocycles. The first kappa shape index (κ1) is 11.5. The number of aryl methyl sites for hydroxylation is 1. The molecule has 0 N–H and O–H groups in total. The maximum absolute atomic E-state index is 3.87. The second-order valence-electron chi connectivity index (χ2n) is 4.68. The fourth-order valence-electron chi connectivity index (χ4n) is 2.66. The molecule has 0 saturated heterocycles. The minimum atomic E-state index is 0.554. The summed E-state index contributed by atoms with van der Waals surface area (Å²) in [5.41, 5.74) is 3.04. The van der Waals surface area contributed by atoms with Crippen LogP contribution in [0.1, 0.15) is 27.3 Å². The molecule has 1 aliphatic carbocycles. The fraction of sp³-hybridized carbons (Fsp3) is 0.333. The third-order valence-electron chi connectivity index (χ3n) is 3.59. The third-order valence-corrected chi connectivity index (χ3v) is 5.77. The van der Waals surface area contributed by atoms with Crippen LogP contribution < -0.4 is 0 Å². The summed E-state index contributed by atoms with van der Waals surface area (Å²) < 4.78 is 0. The van der Waals surface area contributed by atoms with Gasteiger partial charge in [0.05, 0.1) is 0 Å². The Balaban J connectivity index is 1.68. The zero-order valence-electron chi connectivity index (χ0n) is 9.60. The lowest BCUT2D eigenvalue weighted by Crippen LogP contribution is -2.03. The van der Waals surface area contributed by atoms with Crippen molar-refractivity contribution in [3.63, 3.8) is 0 Å². The van der Waals surface area contributed by atoms with Crippen molar-refractivity contribution in [3.8, 4) is 0 Å². The van der Waals surface area contributed by atoms with Crippen molar-refractivity contribution in [2.24, 2.45) is 5.92 Å². The summed E-state index contributed by atoms with van der Waals surface area (Å²) in [6, 6.07) is 13.2. The summed E-state index contributed by atoms with van der Waals surface area (Å²) in [6.45, 7) is 0. The predicted octanol–water partition coefficient (Wildman–Crippen LogP) is 4.99. The summed E-state index contributed by atoms with van der Waals surface area (Å²) in [6.07, 6.45) is 3.74.